The predicted molar refractivity (Wildman–Crippen MR) is 126 cm³/mol. The van der Waals surface area contributed by atoms with Gasteiger partial charge in [0.15, 0.2) is 0 Å². The molecule has 172 valence electrons. The first-order valence-electron chi connectivity index (χ1n) is 11.3. The third-order valence-electron chi connectivity index (χ3n) is 6.31. The maximum Gasteiger partial charge on any atom is 0.325 e. The van der Waals surface area contributed by atoms with Gasteiger partial charge >= 0.3 is 6.03 Å². The standard InChI is InChI=1S/C26H30N4O3/c1-18-14-25(2,3)17-26(15-18)23(32)30(24(33)27-26)16-21(31)28-29-22(19-10-6-4-7-11-19)20-12-8-5-9-13-20/h4-13,18H,14-17H2,1-3H3,(H,27,33)(H,28,31). The maximum atomic E-state index is 13.3. The van der Waals surface area contributed by atoms with E-state index in [4.69, 9.17) is 0 Å². The molecule has 0 bridgehead atoms. The Morgan fingerprint density at radius 1 is 1.03 bits per heavy atom. The normalized spacial score (nSPS) is 23.8. The number of urea groups is 1. The lowest BCUT2D eigenvalue weighted by molar-refractivity contribution is -0.137. The number of carbonyl (C=O) groups is 3. The van der Waals surface area contributed by atoms with Gasteiger partial charge in [0.05, 0.1) is 5.71 Å². The summed E-state index contributed by atoms with van der Waals surface area (Å²) in [5.41, 5.74) is 3.83. The fourth-order valence-electron chi connectivity index (χ4n) is 5.43. The summed E-state index contributed by atoms with van der Waals surface area (Å²) in [6.07, 6.45) is 2.15. The molecule has 1 spiro atoms. The predicted octanol–water partition coefficient (Wildman–Crippen LogP) is 3.69. The highest BCUT2D eigenvalue weighted by Gasteiger charge is 2.56. The van der Waals surface area contributed by atoms with Gasteiger partial charge in [-0.2, -0.15) is 5.10 Å². The van der Waals surface area contributed by atoms with Crippen LogP contribution in [0.25, 0.3) is 0 Å². The van der Waals surface area contributed by atoms with Crippen LogP contribution in [0.5, 0.6) is 0 Å². The van der Waals surface area contributed by atoms with Gasteiger partial charge in [-0.1, -0.05) is 81.4 Å². The molecule has 2 N–H and O–H groups in total. The van der Waals surface area contributed by atoms with Gasteiger partial charge in [-0.15, -0.1) is 0 Å². The lowest BCUT2D eigenvalue weighted by Crippen LogP contribution is -2.54. The van der Waals surface area contributed by atoms with Crippen molar-refractivity contribution >= 4 is 23.6 Å². The Hall–Kier alpha value is -3.48. The van der Waals surface area contributed by atoms with E-state index in [-0.39, 0.29) is 17.9 Å². The molecule has 2 fully saturated rings. The molecule has 7 heteroatoms. The molecule has 2 aromatic carbocycles. The summed E-state index contributed by atoms with van der Waals surface area (Å²) in [4.78, 5) is 39.7. The fraction of sp³-hybridized carbons (Fsp3) is 0.385. The van der Waals surface area contributed by atoms with Gasteiger partial charge in [0.2, 0.25) is 0 Å². The van der Waals surface area contributed by atoms with Crippen LogP contribution in [-0.2, 0) is 9.59 Å². The van der Waals surface area contributed by atoms with Crippen molar-refractivity contribution in [1.82, 2.24) is 15.6 Å². The zero-order chi connectivity index (χ0) is 23.6. The first kappa shape index (κ1) is 22.7. The first-order chi connectivity index (χ1) is 15.7. The Kier molecular flexibility index (Phi) is 6.06. The molecule has 1 saturated heterocycles. The van der Waals surface area contributed by atoms with Crippen molar-refractivity contribution < 1.29 is 14.4 Å². The number of amides is 4. The molecule has 1 aliphatic heterocycles. The van der Waals surface area contributed by atoms with Crippen molar-refractivity contribution in [2.45, 2.75) is 45.6 Å². The molecular formula is C26H30N4O3. The smallest absolute Gasteiger partial charge is 0.323 e. The average molecular weight is 447 g/mol. The van der Waals surface area contributed by atoms with Crippen LogP contribution in [0, 0.1) is 11.3 Å². The largest absolute Gasteiger partial charge is 0.325 e. The Morgan fingerprint density at radius 2 is 1.61 bits per heavy atom. The topological polar surface area (TPSA) is 90.9 Å². The zero-order valence-electron chi connectivity index (χ0n) is 19.3. The molecule has 1 aliphatic carbocycles. The number of hydrogen-bond donors (Lipinski definition) is 2. The third kappa shape index (κ3) is 4.82. The first-order valence-corrected chi connectivity index (χ1v) is 11.3. The second-order valence-corrected chi connectivity index (χ2v) is 9.99. The van der Waals surface area contributed by atoms with Crippen molar-refractivity contribution in [1.29, 1.82) is 0 Å². The van der Waals surface area contributed by atoms with Crippen molar-refractivity contribution in [2.75, 3.05) is 6.54 Å². The fourth-order valence-corrected chi connectivity index (χ4v) is 5.43. The van der Waals surface area contributed by atoms with Crippen LogP contribution in [0.4, 0.5) is 4.79 Å². The molecule has 0 aromatic heterocycles. The number of benzene rings is 2. The van der Waals surface area contributed by atoms with Gasteiger partial charge in [0.1, 0.15) is 12.1 Å². The van der Waals surface area contributed by atoms with Gasteiger partial charge in [0.25, 0.3) is 11.8 Å². The zero-order valence-corrected chi connectivity index (χ0v) is 19.3. The van der Waals surface area contributed by atoms with Crippen LogP contribution < -0.4 is 10.7 Å². The molecule has 0 radical (unpaired) electrons. The monoisotopic (exact) mass is 446 g/mol. The molecule has 1 heterocycles. The average Bonchev–Trinajstić information content (AvgIpc) is 2.97. The lowest BCUT2D eigenvalue weighted by Gasteiger charge is -2.43. The summed E-state index contributed by atoms with van der Waals surface area (Å²) >= 11 is 0. The molecule has 2 aliphatic rings. The second-order valence-electron chi connectivity index (χ2n) is 9.99. The SMILES string of the molecule is CC1CC(C)(C)CC2(C1)NC(=O)N(CC(=O)NN=C(c1ccccc1)c1ccccc1)C2=O. The van der Waals surface area contributed by atoms with Crippen LogP contribution in [0.3, 0.4) is 0 Å². The van der Waals surface area contributed by atoms with Gasteiger partial charge in [-0.05, 0) is 30.6 Å². The van der Waals surface area contributed by atoms with Crippen molar-refractivity contribution in [2.24, 2.45) is 16.4 Å². The minimum absolute atomic E-state index is 0.0660. The number of nitrogens with zero attached hydrogens (tertiary/aromatic N) is 2. The van der Waals surface area contributed by atoms with Crippen LogP contribution in [0.2, 0.25) is 0 Å². The molecule has 7 nitrogen and oxygen atoms in total. The van der Waals surface area contributed by atoms with Crippen molar-refractivity contribution in [3.8, 4) is 0 Å². The Balaban J connectivity index is 1.50. The van der Waals surface area contributed by atoms with Crippen LogP contribution in [0.1, 0.15) is 51.2 Å². The molecule has 4 amide bonds. The quantitative estimate of drug-likeness (QED) is 0.417. The summed E-state index contributed by atoms with van der Waals surface area (Å²) in [5.74, 6) is -0.545. The van der Waals surface area contributed by atoms with E-state index in [1.165, 1.54) is 0 Å². The lowest BCUT2D eigenvalue weighted by atomic mass is 9.64. The third-order valence-corrected chi connectivity index (χ3v) is 6.31. The highest BCUT2D eigenvalue weighted by Crippen LogP contribution is 2.46. The van der Waals surface area contributed by atoms with Gasteiger partial charge < -0.3 is 5.32 Å². The highest BCUT2D eigenvalue weighted by atomic mass is 16.2. The Morgan fingerprint density at radius 3 is 2.15 bits per heavy atom. The van der Waals surface area contributed by atoms with Crippen molar-refractivity contribution in [3.05, 3.63) is 71.8 Å². The van der Waals surface area contributed by atoms with Gasteiger partial charge in [-0.25, -0.2) is 10.2 Å². The summed E-state index contributed by atoms with van der Waals surface area (Å²) in [6, 6.07) is 18.5. The summed E-state index contributed by atoms with van der Waals surface area (Å²) < 4.78 is 0. The Labute approximate surface area is 194 Å². The number of hydrogen-bond acceptors (Lipinski definition) is 4. The summed E-state index contributed by atoms with van der Waals surface area (Å²) in [5, 5.41) is 7.24. The van der Waals surface area contributed by atoms with Crippen LogP contribution in [0.15, 0.2) is 65.8 Å². The van der Waals surface area contributed by atoms with Crippen LogP contribution in [-0.4, -0.2) is 40.5 Å². The Bertz CT molecular complexity index is 1040. The van der Waals surface area contributed by atoms with E-state index in [2.05, 4.69) is 36.6 Å². The minimum atomic E-state index is -0.930. The number of hydrazone groups is 1. The highest BCUT2D eigenvalue weighted by molar-refractivity contribution is 6.13. The van der Waals surface area contributed by atoms with Gasteiger partial charge in [-0.3, -0.25) is 14.5 Å². The number of nitrogens with one attached hydrogen (secondary N) is 2. The van der Waals surface area contributed by atoms with E-state index in [0.29, 0.717) is 24.5 Å². The van der Waals surface area contributed by atoms with E-state index in [1.54, 1.807) is 0 Å². The number of imide groups is 1. The number of carbonyl (C=O) groups excluding carboxylic acids is 3. The van der Waals surface area contributed by atoms with E-state index in [0.717, 1.165) is 22.4 Å². The molecule has 2 aromatic rings. The maximum absolute atomic E-state index is 13.3. The van der Waals surface area contributed by atoms with E-state index >= 15 is 0 Å². The van der Waals surface area contributed by atoms with Gasteiger partial charge in [0, 0.05) is 11.1 Å². The van der Waals surface area contributed by atoms with E-state index in [9.17, 15) is 14.4 Å². The summed E-state index contributed by atoms with van der Waals surface area (Å²) in [7, 11) is 0. The molecule has 2 atom stereocenters. The molecular weight excluding hydrogens is 416 g/mol. The summed E-state index contributed by atoms with van der Waals surface area (Å²) in [6.45, 7) is 5.95. The second kappa shape index (κ2) is 8.81. The molecule has 2 unspecified atom stereocenters. The van der Waals surface area contributed by atoms with E-state index in [1.807, 2.05) is 60.7 Å². The van der Waals surface area contributed by atoms with Crippen molar-refractivity contribution in [3.63, 3.8) is 0 Å². The molecule has 33 heavy (non-hydrogen) atoms. The molecule has 4 rings (SSSR count). The number of rotatable bonds is 5. The molecule has 1 saturated carbocycles. The van der Waals surface area contributed by atoms with E-state index < -0.39 is 17.5 Å². The van der Waals surface area contributed by atoms with Crippen LogP contribution >= 0.6 is 0 Å². The minimum Gasteiger partial charge on any atom is -0.323 e.